The highest BCUT2D eigenvalue weighted by atomic mass is 16.5. The molecule has 2 unspecified atom stereocenters. The standard InChI is InChI=1S/C14H19NO3/c1-15-13-9-18-14-6-11(2-3-12(13)14)17-8-10-4-5-16-7-10/h2-3,6,10,13,15H,4-5,7-9H2,1H3. The van der Waals surface area contributed by atoms with E-state index in [-0.39, 0.29) is 0 Å². The lowest BCUT2D eigenvalue weighted by molar-refractivity contribution is 0.167. The fourth-order valence-electron chi connectivity index (χ4n) is 2.45. The van der Waals surface area contributed by atoms with Crippen LogP contribution in [0.25, 0.3) is 0 Å². The van der Waals surface area contributed by atoms with Crippen LogP contribution in [-0.4, -0.2) is 33.5 Å². The minimum atomic E-state index is 0.303. The molecule has 0 spiro atoms. The topological polar surface area (TPSA) is 39.7 Å². The van der Waals surface area contributed by atoms with Gasteiger partial charge in [0.2, 0.25) is 0 Å². The van der Waals surface area contributed by atoms with Crippen LogP contribution in [0.2, 0.25) is 0 Å². The van der Waals surface area contributed by atoms with E-state index in [1.165, 1.54) is 5.56 Å². The zero-order valence-electron chi connectivity index (χ0n) is 10.6. The van der Waals surface area contributed by atoms with Gasteiger partial charge in [-0.2, -0.15) is 0 Å². The lowest BCUT2D eigenvalue weighted by Crippen LogP contribution is -2.17. The number of hydrogen-bond donors (Lipinski definition) is 1. The van der Waals surface area contributed by atoms with Crippen LogP contribution < -0.4 is 14.8 Å². The summed E-state index contributed by atoms with van der Waals surface area (Å²) in [7, 11) is 1.95. The van der Waals surface area contributed by atoms with Crippen molar-refractivity contribution in [1.82, 2.24) is 5.32 Å². The van der Waals surface area contributed by atoms with Crippen molar-refractivity contribution in [3.63, 3.8) is 0 Å². The first-order chi connectivity index (χ1) is 8.86. The zero-order chi connectivity index (χ0) is 12.4. The van der Waals surface area contributed by atoms with Crippen LogP contribution in [0.5, 0.6) is 11.5 Å². The van der Waals surface area contributed by atoms with E-state index in [0.717, 1.165) is 37.7 Å². The molecule has 1 fully saturated rings. The monoisotopic (exact) mass is 249 g/mol. The lowest BCUT2D eigenvalue weighted by Gasteiger charge is -2.11. The Morgan fingerprint density at radius 3 is 3.11 bits per heavy atom. The van der Waals surface area contributed by atoms with E-state index in [0.29, 0.717) is 18.6 Å². The molecule has 0 radical (unpaired) electrons. The van der Waals surface area contributed by atoms with Crippen LogP contribution in [0.15, 0.2) is 18.2 Å². The summed E-state index contributed by atoms with van der Waals surface area (Å²) in [6, 6.07) is 6.40. The molecule has 18 heavy (non-hydrogen) atoms. The predicted octanol–water partition coefficient (Wildman–Crippen LogP) is 1.75. The molecule has 0 saturated carbocycles. The van der Waals surface area contributed by atoms with Crippen molar-refractivity contribution < 1.29 is 14.2 Å². The molecule has 0 bridgehead atoms. The quantitative estimate of drug-likeness (QED) is 0.882. The van der Waals surface area contributed by atoms with Crippen LogP contribution in [0.4, 0.5) is 0 Å². The van der Waals surface area contributed by atoms with Gasteiger partial charge in [0.15, 0.2) is 0 Å². The third-order valence-electron chi connectivity index (χ3n) is 3.62. The molecule has 2 atom stereocenters. The maximum atomic E-state index is 5.80. The summed E-state index contributed by atoms with van der Waals surface area (Å²) in [5.41, 5.74) is 1.22. The predicted molar refractivity (Wildman–Crippen MR) is 68.2 cm³/mol. The van der Waals surface area contributed by atoms with Gasteiger partial charge >= 0.3 is 0 Å². The summed E-state index contributed by atoms with van der Waals surface area (Å²) >= 11 is 0. The van der Waals surface area contributed by atoms with Gasteiger partial charge in [-0.1, -0.05) is 0 Å². The average molecular weight is 249 g/mol. The normalized spacial score (nSPS) is 25.8. The molecule has 3 rings (SSSR count). The molecule has 1 N–H and O–H groups in total. The SMILES string of the molecule is CNC1COc2cc(OCC3CCOC3)ccc21. The molecule has 1 aromatic carbocycles. The number of likely N-dealkylation sites (N-methyl/N-ethyl adjacent to an activating group) is 1. The molecular weight excluding hydrogens is 230 g/mol. The molecule has 4 nitrogen and oxygen atoms in total. The Labute approximate surface area is 107 Å². The van der Waals surface area contributed by atoms with E-state index in [9.17, 15) is 0 Å². The van der Waals surface area contributed by atoms with Gasteiger partial charge in [-0.05, 0) is 25.6 Å². The molecular formula is C14H19NO3. The number of hydrogen-bond acceptors (Lipinski definition) is 4. The fraction of sp³-hybridized carbons (Fsp3) is 0.571. The van der Waals surface area contributed by atoms with Gasteiger partial charge in [-0.15, -0.1) is 0 Å². The summed E-state index contributed by atoms with van der Waals surface area (Å²) in [5.74, 6) is 2.36. The number of fused-ring (bicyclic) bond motifs is 1. The molecule has 2 aliphatic heterocycles. The van der Waals surface area contributed by atoms with E-state index >= 15 is 0 Å². The first-order valence-electron chi connectivity index (χ1n) is 6.51. The Kier molecular flexibility index (Phi) is 3.39. The highest BCUT2D eigenvalue weighted by molar-refractivity contribution is 5.44. The Morgan fingerprint density at radius 2 is 2.33 bits per heavy atom. The Bertz CT molecular complexity index is 416. The second-order valence-electron chi connectivity index (χ2n) is 4.89. The van der Waals surface area contributed by atoms with E-state index in [1.807, 2.05) is 19.2 Å². The van der Waals surface area contributed by atoms with E-state index in [2.05, 4.69) is 11.4 Å². The maximum Gasteiger partial charge on any atom is 0.127 e. The van der Waals surface area contributed by atoms with Crippen molar-refractivity contribution in [1.29, 1.82) is 0 Å². The Morgan fingerprint density at radius 1 is 1.39 bits per heavy atom. The van der Waals surface area contributed by atoms with Crippen LogP contribution in [-0.2, 0) is 4.74 Å². The van der Waals surface area contributed by atoms with Crippen LogP contribution in [0.1, 0.15) is 18.0 Å². The first kappa shape index (κ1) is 11.8. The Balaban J connectivity index is 1.63. The average Bonchev–Trinajstić information content (AvgIpc) is 3.05. The third kappa shape index (κ3) is 2.31. The zero-order valence-corrected chi connectivity index (χ0v) is 10.6. The number of ether oxygens (including phenoxy) is 3. The molecule has 0 aromatic heterocycles. The highest BCUT2D eigenvalue weighted by Crippen LogP contribution is 2.35. The van der Waals surface area contributed by atoms with Crippen LogP contribution in [0, 0.1) is 5.92 Å². The number of nitrogens with one attached hydrogen (secondary N) is 1. The molecule has 4 heteroatoms. The van der Waals surface area contributed by atoms with Gasteiger partial charge in [-0.3, -0.25) is 0 Å². The molecule has 2 aliphatic rings. The van der Waals surface area contributed by atoms with Gasteiger partial charge in [0.05, 0.1) is 19.3 Å². The summed E-state index contributed by atoms with van der Waals surface area (Å²) in [4.78, 5) is 0. The van der Waals surface area contributed by atoms with E-state index < -0.39 is 0 Å². The molecule has 98 valence electrons. The summed E-state index contributed by atoms with van der Waals surface area (Å²) in [6.07, 6.45) is 1.10. The van der Waals surface area contributed by atoms with Crippen LogP contribution in [0.3, 0.4) is 0 Å². The van der Waals surface area contributed by atoms with Crippen molar-refractivity contribution in [3.8, 4) is 11.5 Å². The molecule has 1 saturated heterocycles. The van der Waals surface area contributed by atoms with Gasteiger partial charge in [0.1, 0.15) is 18.1 Å². The van der Waals surface area contributed by atoms with Crippen molar-refractivity contribution in [2.75, 3.05) is 33.5 Å². The van der Waals surface area contributed by atoms with Crippen molar-refractivity contribution in [2.45, 2.75) is 12.5 Å². The summed E-state index contributed by atoms with van der Waals surface area (Å²) in [5, 5.41) is 3.23. The summed E-state index contributed by atoms with van der Waals surface area (Å²) in [6.45, 7) is 3.12. The summed E-state index contributed by atoms with van der Waals surface area (Å²) < 4.78 is 16.8. The van der Waals surface area contributed by atoms with E-state index in [4.69, 9.17) is 14.2 Å². The van der Waals surface area contributed by atoms with Crippen molar-refractivity contribution >= 4 is 0 Å². The van der Waals surface area contributed by atoms with Gasteiger partial charge in [0, 0.05) is 24.2 Å². The second kappa shape index (κ2) is 5.16. The Hall–Kier alpha value is -1.26. The molecule has 2 heterocycles. The van der Waals surface area contributed by atoms with Gasteiger partial charge in [-0.25, -0.2) is 0 Å². The first-order valence-corrected chi connectivity index (χ1v) is 6.51. The fourth-order valence-corrected chi connectivity index (χ4v) is 2.45. The van der Waals surface area contributed by atoms with Crippen molar-refractivity contribution in [2.24, 2.45) is 5.92 Å². The number of rotatable bonds is 4. The van der Waals surface area contributed by atoms with Crippen LogP contribution >= 0.6 is 0 Å². The lowest BCUT2D eigenvalue weighted by atomic mass is 10.1. The third-order valence-corrected chi connectivity index (χ3v) is 3.62. The largest absolute Gasteiger partial charge is 0.493 e. The number of benzene rings is 1. The van der Waals surface area contributed by atoms with Crippen molar-refractivity contribution in [3.05, 3.63) is 23.8 Å². The second-order valence-corrected chi connectivity index (χ2v) is 4.89. The minimum absolute atomic E-state index is 0.303. The van der Waals surface area contributed by atoms with Gasteiger partial charge < -0.3 is 19.5 Å². The smallest absolute Gasteiger partial charge is 0.127 e. The molecule has 1 aromatic rings. The maximum absolute atomic E-state index is 5.80. The minimum Gasteiger partial charge on any atom is -0.493 e. The molecule has 0 amide bonds. The van der Waals surface area contributed by atoms with E-state index in [1.54, 1.807) is 0 Å². The molecule has 0 aliphatic carbocycles. The highest BCUT2D eigenvalue weighted by Gasteiger charge is 2.23. The van der Waals surface area contributed by atoms with Gasteiger partial charge in [0.25, 0.3) is 0 Å².